The van der Waals surface area contributed by atoms with Crippen molar-refractivity contribution < 1.29 is 13.2 Å². The fourth-order valence-electron chi connectivity index (χ4n) is 3.91. The molecule has 0 amide bonds. The van der Waals surface area contributed by atoms with E-state index in [9.17, 15) is 13.2 Å². The smallest absolute Gasteiger partial charge is 0.354 e. The first-order valence-electron chi connectivity index (χ1n) is 10.8. The molecule has 0 N–H and O–H groups in total. The molecule has 0 bridgehead atoms. The predicted molar refractivity (Wildman–Crippen MR) is 124 cm³/mol. The quantitative estimate of drug-likeness (QED) is 0.489. The van der Waals surface area contributed by atoms with Gasteiger partial charge in [-0.25, -0.2) is 9.97 Å². The Balaban J connectivity index is 1.34. The van der Waals surface area contributed by atoms with Crippen LogP contribution < -0.4 is 4.90 Å². The van der Waals surface area contributed by atoms with Gasteiger partial charge in [0.25, 0.3) is 0 Å². The summed E-state index contributed by atoms with van der Waals surface area (Å²) in [5, 5.41) is 0. The summed E-state index contributed by atoms with van der Waals surface area (Å²) in [6.07, 6.45) is 4.05. The second-order valence-corrected chi connectivity index (χ2v) is 7.98. The van der Waals surface area contributed by atoms with Crippen molar-refractivity contribution in [3.63, 3.8) is 0 Å². The van der Waals surface area contributed by atoms with Crippen LogP contribution in [0.2, 0.25) is 0 Å². The standard InChI is InChI=1S/C25H26F3N5/c1-3-20(19(2)21-4-7-23(8-5-21)33-11-10-29-18-33)17-31-12-14-32(15-13-31)24-9-6-22(16-30-24)25(26,27)28/h3-11,16,18H,2,12-15,17H2,1H3/b20-3-. The molecule has 1 fully saturated rings. The Kier molecular flexibility index (Phi) is 6.65. The highest BCUT2D eigenvalue weighted by atomic mass is 19.4. The van der Waals surface area contributed by atoms with Gasteiger partial charge in [-0.3, -0.25) is 4.90 Å². The van der Waals surface area contributed by atoms with E-state index in [1.165, 1.54) is 6.07 Å². The van der Waals surface area contributed by atoms with Gasteiger partial charge in [0.15, 0.2) is 0 Å². The fraction of sp³-hybridized carbons (Fsp3) is 0.280. The summed E-state index contributed by atoms with van der Waals surface area (Å²) in [6.45, 7) is 10.1. The van der Waals surface area contributed by atoms with Crippen LogP contribution in [0.4, 0.5) is 19.0 Å². The summed E-state index contributed by atoms with van der Waals surface area (Å²) in [5.74, 6) is 0.580. The van der Waals surface area contributed by atoms with E-state index in [1.54, 1.807) is 12.5 Å². The van der Waals surface area contributed by atoms with Gasteiger partial charge in [-0.1, -0.05) is 24.8 Å². The highest BCUT2D eigenvalue weighted by Crippen LogP contribution is 2.30. The maximum absolute atomic E-state index is 12.8. The Hall–Kier alpha value is -3.39. The molecule has 0 atom stereocenters. The SMILES string of the molecule is C=C(/C(=C\C)CN1CCN(c2ccc(C(F)(F)F)cn2)CC1)c1ccc(-n2ccnc2)cc1. The minimum absolute atomic E-state index is 0.580. The highest BCUT2D eigenvalue weighted by Gasteiger charge is 2.31. The molecule has 3 heterocycles. The second kappa shape index (κ2) is 9.62. The molecule has 172 valence electrons. The maximum atomic E-state index is 12.8. The van der Waals surface area contributed by atoms with Crippen LogP contribution in [0.3, 0.4) is 0 Å². The van der Waals surface area contributed by atoms with E-state index >= 15 is 0 Å². The number of benzene rings is 1. The Morgan fingerprint density at radius 2 is 1.79 bits per heavy atom. The van der Waals surface area contributed by atoms with Crippen LogP contribution >= 0.6 is 0 Å². The van der Waals surface area contributed by atoms with E-state index in [-0.39, 0.29) is 0 Å². The summed E-state index contributed by atoms with van der Waals surface area (Å²) in [4.78, 5) is 12.5. The molecule has 2 aromatic heterocycles. The number of pyridine rings is 1. The van der Waals surface area contributed by atoms with Gasteiger partial charge in [0.1, 0.15) is 5.82 Å². The number of halogens is 3. The predicted octanol–water partition coefficient (Wildman–Crippen LogP) is 5.07. The topological polar surface area (TPSA) is 37.2 Å². The lowest BCUT2D eigenvalue weighted by molar-refractivity contribution is -0.137. The van der Waals surface area contributed by atoms with Gasteiger partial charge in [-0.05, 0) is 47.9 Å². The number of imidazole rings is 1. The monoisotopic (exact) mass is 453 g/mol. The van der Waals surface area contributed by atoms with Crippen molar-refractivity contribution >= 4 is 11.4 Å². The van der Waals surface area contributed by atoms with Crippen molar-refractivity contribution in [2.75, 3.05) is 37.6 Å². The Morgan fingerprint density at radius 3 is 2.33 bits per heavy atom. The first kappa shape index (κ1) is 22.8. The summed E-state index contributed by atoms with van der Waals surface area (Å²) >= 11 is 0. The number of allylic oxidation sites excluding steroid dienone is 1. The van der Waals surface area contributed by atoms with Crippen LogP contribution in [-0.2, 0) is 6.18 Å². The Labute approximate surface area is 191 Å². The number of rotatable bonds is 6. The molecule has 0 radical (unpaired) electrons. The van der Waals surface area contributed by atoms with Crippen molar-refractivity contribution in [2.24, 2.45) is 0 Å². The van der Waals surface area contributed by atoms with Crippen LogP contribution in [0.25, 0.3) is 11.3 Å². The molecule has 4 rings (SSSR count). The van der Waals surface area contributed by atoms with Crippen molar-refractivity contribution in [1.82, 2.24) is 19.4 Å². The number of piperazine rings is 1. The molecule has 1 aliphatic heterocycles. The summed E-state index contributed by atoms with van der Waals surface area (Å²) < 4.78 is 40.2. The molecule has 1 aromatic carbocycles. The molecule has 33 heavy (non-hydrogen) atoms. The molecular formula is C25H26F3N5. The number of aromatic nitrogens is 3. The number of anilines is 1. The van der Waals surface area contributed by atoms with E-state index < -0.39 is 11.7 Å². The average molecular weight is 454 g/mol. The van der Waals surface area contributed by atoms with Gasteiger partial charge in [0.2, 0.25) is 0 Å². The van der Waals surface area contributed by atoms with E-state index in [1.807, 2.05) is 34.7 Å². The summed E-state index contributed by atoms with van der Waals surface area (Å²) in [6, 6.07) is 10.8. The zero-order valence-electron chi connectivity index (χ0n) is 18.5. The van der Waals surface area contributed by atoms with Crippen molar-refractivity contribution in [2.45, 2.75) is 13.1 Å². The van der Waals surface area contributed by atoms with Crippen LogP contribution in [0.5, 0.6) is 0 Å². The van der Waals surface area contributed by atoms with E-state index in [4.69, 9.17) is 0 Å². The van der Waals surface area contributed by atoms with Gasteiger partial charge in [0, 0.05) is 57.0 Å². The van der Waals surface area contributed by atoms with Crippen molar-refractivity contribution in [3.8, 4) is 5.69 Å². The lowest BCUT2D eigenvalue weighted by Crippen LogP contribution is -2.47. The minimum atomic E-state index is -4.37. The largest absolute Gasteiger partial charge is 0.417 e. The summed E-state index contributed by atoms with van der Waals surface area (Å²) in [5.41, 5.74) is 3.53. The summed E-state index contributed by atoms with van der Waals surface area (Å²) in [7, 11) is 0. The molecule has 0 spiro atoms. The van der Waals surface area contributed by atoms with Crippen LogP contribution in [0, 0.1) is 0 Å². The van der Waals surface area contributed by atoms with Crippen LogP contribution in [0.1, 0.15) is 18.1 Å². The molecule has 0 aliphatic carbocycles. The third-order valence-electron chi connectivity index (χ3n) is 5.92. The zero-order valence-corrected chi connectivity index (χ0v) is 18.5. The molecular weight excluding hydrogens is 427 g/mol. The zero-order chi connectivity index (χ0) is 23.4. The van der Waals surface area contributed by atoms with Crippen LogP contribution in [-0.4, -0.2) is 52.2 Å². The van der Waals surface area contributed by atoms with Gasteiger partial charge in [-0.2, -0.15) is 13.2 Å². The first-order chi connectivity index (χ1) is 15.8. The number of nitrogens with zero attached hydrogens (tertiary/aromatic N) is 5. The van der Waals surface area contributed by atoms with Gasteiger partial charge in [0.05, 0.1) is 11.9 Å². The van der Waals surface area contributed by atoms with E-state index in [2.05, 4.69) is 39.7 Å². The third kappa shape index (κ3) is 5.34. The number of hydrogen-bond donors (Lipinski definition) is 0. The molecule has 1 aliphatic rings. The number of alkyl halides is 3. The molecule has 8 heteroatoms. The number of hydrogen-bond acceptors (Lipinski definition) is 4. The molecule has 0 saturated carbocycles. The van der Waals surface area contributed by atoms with Gasteiger partial charge < -0.3 is 9.47 Å². The molecule has 5 nitrogen and oxygen atoms in total. The lowest BCUT2D eigenvalue weighted by Gasteiger charge is -2.36. The van der Waals surface area contributed by atoms with E-state index in [0.29, 0.717) is 18.9 Å². The third-order valence-corrected chi connectivity index (χ3v) is 5.92. The van der Waals surface area contributed by atoms with Gasteiger partial charge in [-0.15, -0.1) is 0 Å². The van der Waals surface area contributed by atoms with Gasteiger partial charge >= 0.3 is 6.18 Å². The normalized spacial score (nSPS) is 15.6. The van der Waals surface area contributed by atoms with Crippen LogP contribution in [0.15, 0.2) is 79.5 Å². The van der Waals surface area contributed by atoms with Crippen molar-refractivity contribution in [3.05, 3.63) is 90.7 Å². The second-order valence-electron chi connectivity index (χ2n) is 7.98. The molecule has 0 unspecified atom stereocenters. The minimum Gasteiger partial charge on any atom is -0.354 e. The van der Waals surface area contributed by atoms with Crippen molar-refractivity contribution in [1.29, 1.82) is 0 Å². The average Bonchev–Trinajstić information content (AvgIpc) is 3.37. The Morgan fingerprint density at radius 1 is 1.06 bits per heavy atom. The lowest BCUT2D eigenvalue weighted by atomic mass is 9.98. The fourth-order valence-corrected chi connectivity index (χ4v) is 3.91. The first-order valence-corrected chi connectivity index (χ1v) is 10.8. The van der Waals surface area contributed by atoms with E-state index in [0.717, 1.165) is 54.3 Å². The molecule has 3 aromatic rings. The highest BCUT2D eigenvalue weighted by molar-refractivity contribution is 5.78. The maximum Gasteiger partial charge on any atom is 0.417 e. The molecule has 1 saturated heterocycles. The Bertz CT molecular complexity index is 1090.